The molecule has 1 saturated heterocycles. The standard InChI is InChI=1S/C19H17BrN2O3S/c1-3-25-17-7-5-4-6-15(17)22-18(23)14(21-19(22)26)11-12-10-13(20)8-9-16(12)24-2/h4-11H,3H2,1-2H3,(H,21,26)/b14-11+. The van der Waals surface area contributed by atoms with Gasteiger partial charge in [0.25, 0.3) is 5.91 Å². The molecule has 0 unspecified atom stereocenters. The lowest BCUT2D eigenvalue weighted by molar-refractivity contribution is -0.113. The predicted molar refractivity (Wildman–Crippen MR) is 110 cm³/mol. The predicted octanol–water partition coefficient (Wildman–Crippen LogP) is 4.12. The number of nitrogens with one attached hydrogen (secondary N) is 1. The maximum Gasteiger partial charge on any atom is 0.281 e. The van der Waals surface area contributed by atoms with Crippen LogP contribution in [-0.4, -0.2) is 24.7 Å². The van der Waals surface area contributed by atoms with Gasteiger partial charge in [0.1, 0.15) is 17.2 Å². The summed E-state index contributed by atoms with van der Waals surface area (Å²) in [4.78, 5) is 14.4. The molecule has 0 aliphatic carbocycles. The fraction of sp³-hybridized carbons (Fsp3) is 0.158. The van der Waals surface area contributed by atoms with Crippen molar-refractivity contribution in [2.45, 2.75) is 6.92 Å². The number of methoxy groups -OCH3 is 1. The highest BCUT2D eigenvalue weighted by molar-refractivity contribution is 9.10. The Morgan fingerprint density at radius 2 is 2.00 bits per heavy atom. The number of rotatable bonds is 5. The monoisotopic (exact) mass is 432 g/mol. The molecule has 0 spiro atoms. The van der Waals surface area contributed by atoms with Crippen LogP contribution in [0.15, 0.2) is 52.6 Å². The van der Waals surface area contributed by atoms with Crippen LogP contribution in [0.4, 0.5) is 5.69 Å². The maximum atomic E-state index is 13.0. The van der Waals surface area contributed by atoms with Crippen LogP contribution in [0.25, 0.3) is 6.08 Å². The van der Waals surface area contributed by atoms with E-state index in [1.54, 1.807) is 19.3 Å². The van der Waals surface area contributed by atoms with E-state index in [0.717, 1.165) is 10.0 Å². The zero-order valence-electron chi connectivity index (χ0n) is 14.3. The summed E-state index contributed by atoms with van der Waals surface area (Å²) in [6, 6.07) is 12.9. The number of hydrogen-bond acceptors (Lipinski definition) is 4. The summed E-state index contributed by atoms with van der Waals surface area (Å²) in [6.07, 6.45) is 1.72. The first kappa shape index (κ1) is 18.4. The zero-order chi connectivity index (χ0) is 18.7. The van der Waals surface area contributed by atoms with E-state index in [-0.39, 0.29) is 5.91 Å². The van der Waals surface area contributed by atoms with Gasteiger partial charge in [0.15, 0.2) is 5.11 Å². The second-order valence-corrected chi connectivity index (χ2v) is 6.72. The first-order valence-electron chi connectivity index (χ1n) is 7.97. The van der Waals surface area contributed by atoms with Crippen LogP contribution < -0.4 is 19.7 Å². The van der Waals surface area contributed by atoms with E-state index in [9.17, 15) is 4.79 Å². The Balaban J connectivity index is 1.99. The first-order valence-corrected chi connectivity index (χ1v) is 9.17. The second-order valence-electron chi connectivity index (χ2n) is 5.42. The minimum absolute atomic E-state index is 0.246. The number of amides is 1. The van der Waals surface area contributed by atoms with Gasteiger partial charge < -0.3 is 14.8 Å². The summed E-state index contributed by atoms with van der Waals surface area (Å²) in [5.74, 6) is 1.02. The van der Waals surface area contributed by atoms with Crippen molar-refractivity contribution in [3.63, 3.8) is 0 Å². The Bertz CT molecular complexity index is 898. The molecule has 0 bridgehead atoms. The average Bonchev–Trinajstić information content (AvgIpc) is 2.90. The second kappa shape index (κ2) is 7.88. The summed E-state index contributed by atoms with van der Waals surface area (Å²) in [6.45, 7) is 2.39. The van der Waals surface area contributed by atoms with Crippen LogP contribution in [0.3, 0.4) is 0 Å². The Labute approximate surface area is 165 Å². The van der Waals surface area contributed by atoms with Crippen LogP contribution >= 0.6 is 28.1 Å². The molecule has 3 rings (SSSR count). The third-order valence-electron chi connectivity index (χ3n) is 3.78. The molecule has 26 heavy (non-hydrogen) atoms. The van der Waals surface area contributed by atoms with Gasteiger partial charge >= 0.3 is 0 Å². The number of hydrogen-bond donors (Lipinski definition) is 1. The van der Waals surface area contributed by atoms with Crippen molar-refractivity contribution >= 4 is 50.9 Å². The van der Waals surface area contributed by atoms with Crippen molar-refractivity contribution in [3.05, 3.63) is 58.2 Å². The van der Waals surface area contributed by atoms with E-state index < -0.39 is 0 Å². The number of nitrogens with zero attached hydrogens (tertiary/aromatic N) is 1. The quantitative estimate of drug-likeness (QED) is 0.568. The smallest absolute Gasteiger partial charge is 0.281 e. The van der Waals surface area contributed by atoms with Crippen LogP contribution in [-0.2, 0) is 4.79 Å². The lowest BCUT2D eigenvalue weighted by atomic mass is 10.1. The van der Waals surface area contributed by atoms with Crippen molar-refractivity contribution in [1.29, 1.82) is 0 Å². The molecule has 1 aliphatic heterocycles. The number of halogens is 1. The van der Waals surface area contributed by atoms with E-state index in [2.05, 4.69) is 21.2 Å². The molecule has 1 fully saturated rings. The van der Waals surface area contributed by atoms with E-state index in [1.807, 2.05) is 43.3 Å². The molecule has 1 N–H and O–H groups in total. The van der Waals surface area contributed by atoms with E-state index in [1.165, 1.54) is 4.90 Å². The number of thiocarbonyl (C=S) groups is 1. The number of ether oxygens (including phenoxy) is 2. The van der Waals surface area contributed by atoms with Crippen molar-refractivity contribution in [2.75, 3.05) is 18.6 Å². The van der Waals surface area contributed by atoms with E-state index in [0.29, 0.717) is 34.6 Å². The molecule has 0 aromatic heterocycles. The molecule has 0 saturated carbocycles. The van der Waals surface area contributed by atoms with Crippen LogP contribution in [0.5, 0.6) is 11.5 Å². The SMILES string of the molecule is CCOc1ccccc1N1C(=O)/C(=C\c2cc(Br)ccc2OC)NC1=S. The van der Waals surface area contributed by atoms with Gasteiger partial charge in [0, 0.05) is 10.0 Å². The molecule has 5 nitrogen and oxygen atoms in total. The normalized spacial score (nSPS) is 15.3. The first-order chi connectivity index (χ1) is 12.5. The average molecular weight is 433 g/mol. The fourth-order valence-corrected chi connectivity index (χ4v) is 3.32. The third kappa shape index (κ3) is 3.59. The Morgan fingerprint density at radius 1 is 1.23 bits per heavy atom. The molecule has 0 atom stereocenters. The highest BCUT2D eigenvalue weighted by Gasteiger charge is 2.33. The van der Waals surface area contributed by atoms with Gasteiger partial charge in [-0.15, -0.1) is 0 Å². The number of benzene rings is 2. The van der Waals surface area contributed by atoms with Crippen LogP contribution in [0.2, 0.25) is 0 Å². The minimum atomic E-state index is -0.246. The van der Waals surface area contributed by atoms with Crippen molar-refractivity contribution < 1.29 is 14.3 Å². The fourth-order valence-electron chi connectivity index (χ4n) is 2.65. The van der Waals surface area contributed by atoms with E-state index >= 15 is 0 Å². The topological polar surface area (TPSA) is 50.8 Å². The van der Waals surface area contributed by atoms with Gasteiger partial charge in [-0.1, -0.05) is 28.1 Å². The van der Waals surface area contributed by atoms with Gasteiger partial charge in [-0.05, 0) is 55.5 Å². The molecule has 1 heterocycles. The lowest BCUT2D eigenvalue weighted by Gasteiger charge is -2.18. The Kier molecular flexibility index (Phi) is 5.58. The maximum absolute atomic E-state index is 13.0. The summed E-state index contributed by atoms with van der Waals surface area (Å²) in [7, 11) is 1.59. The van der Waals surface area contributed by atoms with Crippen LogP contribution in [0.1, 0.15) is 12.5 Å². The van der Waals surface area contributed by atoms with Gasteiger partial charge in [0.2, 0.25) is 0 Å². The van der Waals surface area contributed by atoms with Gasteiger partial charge in [-0.25, -0.2) is 4.90 Å². The molecule has 7 heteroatoms. The number of carbonyl (C=O) groups excluding carboxylic acids is 1. The van der Waals surface area contributed by atoms with Gasteiger partial charge in [0.05, 0.1) is 19.4 Å². The summed E-state index contributed by atoms with van der Waals surface area (Å²) in [5, 5.41) is 3.29. The molecule has 2 aromatic carbocycles. The summed E-state index contributed by atoms with van der Waals surface area (Å²) in [5.41, 5.74) is 1.75. The third-order valence-corrected chi connectivity index (χ3v) is 4.55. The highest BCUT2D eigenvalue weighted by Crippen LogP contribution is 2.32. The molecule has 0 radical (unpaired) electrons. The molecule has 134 valence electrons. The molecule has 1 amide bonds. The Hall–Kier alpha value is -2.38. The van der Waals surface area contributed by atoms with Crippen molar-refractivity contribution in [3.8, 4) is 11.5 Å². The minimum Gasteiger partial charge on any atom is -0.496 e. The zero-order valence-corrected chi connectivity index (χ0v) is 16.7. The van der Waals surface area contributed by atoms with Crippen molar-refractivity contribution in [1.82, 2.24) is 5.32 Å². The lowest BCUT2D eigenvalue weighted by Crippen LogP contribution is -2.30. The van der Waals surface area contributed by atoms with Crippen LogP contribution in [0, 0.1) is 0 Å². The largest absolute Gasteiger partial charge is 0.496 e. The summed E-state index contributed by atoms with van der Waals surface area (Å²) >= 11 is 8.82. The molecule has 1 aliphatic rings. The van der Waals surface area contributed by atoms with Gasteiger partial charge in [-0.3, -0.25) is 4.79 Å². The number of carbonyl (C=O) groups is 1. The highest BCUT2D eigenvalue weighted by atomic mass is 79.9. The molecular weight excluding hydrogens is 416 g/mol. The Morgan fingerprint density at radius 3 is 2.73 bits per heavy atom. The number of anilines is 1. The van der Waals surface area contributed by atoms with Crippen molar-refractivity contribution in [2.24, 2.45) is 0 Å². The molecular formula is C19H17BrN2O3S. The molecule has 2 aromatic rings. The summed E-state index contributed by atoms with van der Waals surface area (Å²) < 4.78 is 11.9. The van der Waals surface area contributed by atoms with E-state index in [4.69, 9.17) is 21.7 Å². The number of para-hydroxylation sites is 2. The van der Waals surface area contributed by atoms with Gasteiger partial charge in [-0.2, -0.15) is 0 Å².